The number of esters is 1. The van der Waals surface area contributed by atoms with Gasteiger partial charge in [0.25, 0.3) is 0 Å². The van der Waals surface area contributed by atoms with Crippen LogP contribution in [0.25, 0.3) is 10.1 Å². The highest BCUT2D eigenvalue weighted by Crippen LogP contribution is 2.38. The fraction of sp³-hybridized carbons (Fsp3) is 0.286. The summed E-state index contributed by atoms with van der Waals surface area (Å²) in [4.78, 5) is 23.8. The van der Waals surface area contributed by atoms with E-state index in [1.54, 1.807) is 0 Å². The highest BCUT2D eigenvalue weighted by molar-refractivity contribution is 7.23. The van der Waals surface area contributed by atoms with Crippen LogP contribution >= 0.6 is 11.3 Å². The molecule has 2 aromatic rings. The number of carbonyl (C=O) groups is 2. The molecule has 98 valence electrons. The molecule has 3 rings (SSSR count). The number of nitrogens with one attached hydrogen (secondary N) is 1. The number of benzene rings is 1. The topological polar surface area (TPSA) is 55.4 Å². The van der Waals surface area contributed by atoms with Crippen LogP contribution in [0, 0.1) is 5.92 Å². The molecule has 0 unspecified atom stereocenters. The van der Waals surface area contributed by atoms with Gasteiger partial charge in [0.2, 0.25) is 5.91 Å². The lowest BCUT2D eigenvalue weighted by molar-refractivity contribution is -0.117. The van der Waals surface area contributed by atoms with Crippen LogP contribution in [0.5, 0.6) is 0 Å². The third-order valence-corrected chi connectivity index (χ3v) is 4.26. The molecule has 1 aliphatic rings. The Labute approximate surface area is 114 Å². The van der Waals surface area contributed by atoms with E-state index in [4.69, 9.17) is 4.74 Å². The van der Waals surface area contributed by atoms with E-state index in [-0.39, 0.29) is 11.8 Å². The molecular formula is C14H13NO3S. The molecule has 0 saturated heterocycles. The van der Waals surface area contributed by atoms with Crippen LogP contribution in [-0.2, 0) is 9.53 Å². The Hall–Kier alpha value is -1.88. The maximum atomic E-state index is 11.9. The van der Waals surface area contributed by atoms with Gasteiger partial charge >= 0.3 is 5.97 Å². The van der Waals surface area contributed by atoms with Crippen molar-refractivity contribution >= 4 is 38.3 Å². The van der Waals surface area contributed by atoms with Crippen molar-refractivity contribution in [2.75, 3.05) is 12.4 Å². The predicted octanol–water partition coefficient (Wildman–Crippen LogP) is 3.04. The summed E-state index contributed by atoms with van der Waals surface area (Å²) >= 11 is 1.41. The van der Waals surface area contributed by atoms with E-state index < -0.39 is 5.97 Å². The van der Waals surface area contributed by atoms with Crippen LogP contribution in [0.3, 0.4) is 0 Å². The Balaban J connectivity index is 2.05. The second-order valence-corrected chi connectivity index (χ2v) is 5.61. The third kappa shape index (κ3) is 2.21. The average Bonchev–Trinajstić information content (AvgIpc) is 3.20. The number of anilines is 1. The zero-order chi connectivity index (χ0) is 13.4. The SMILES string of the molecule is COC(=O)c1c(NC(=O)C2CC2)sc2ccccc12. The molecule has 0 radical (unpaired) electrons. The molecule has 5 heteroatoms. The molecule has 0 aliphatic heterocycles. The van der Waals surface area contributed by atoms with Gasteiger partial charge in [0.1, 0.15) is 10.6 Å². The van der Waals surface area contributed by atoms with Gasteiger partial charge in [-0.3, -0.25) is 4.79 Å². The summed E-state index contributed by atoms with van der Waals surface area (Å²) < 4.78 is 5.78. The standard InChI is InChI=1S/C14H13NO3S/c1-18-14(17)11-9-4-2-3-5-10(9)19-13(11)15-12(16)8-6-7-8/h2-5,8H,6-7H2,1H3,(H,15,16). The zero-order valence-electron chi connectivity index (χ0n) is 10.4. The number of thiophene rings is 1. The normalized spacial score (nSPS) is 14.4. The summed E-state index contributed by atoms with van der Waals surface area (Å²) in [6.07, 6.45) is 1.87. The van der Waals surface area contributed by atoms with E-state index in [1.165, 1.54) is 18.4 Å². The van der Waals surface area contributed by atoms with Crippen molar-refractivity contribution in [3.8, 4) is 0 Å². The van der Waals surface area contributed by atoms with Crippen LogP contribution in [-0.4, -0.2) is 19.0 Å². The van der Waals surface area contributed by atoms with E-state index in [0.29, 0.717) is 10.6 Å². The van der Waals surface area contributed by atoms with Gasteiger partial charge in [0.15, 0.2) is 0 Å². The first-order valence-electron chi connectivity index (χ1n) is 6.11. The Bertz CT molecular complexity index is 658. The number of hydrogen-bond acceptors (Lipinski definition) is 4. The summed E-state index contributed by atoms with van der Waals surface area (Å²) in [6.45, 7) is 0. The number of carbonyl (C=O) groups excluding carboxylic acids is 2. The molecule has 19 heavy (non-hydrogen) atoms. The molecule has 0 atom stereocenters. The second kappa shape index (κ2) is 4.66. The highest BCUT2D eigenvalue weighted by atomic mass is 32.1. The van der Waals surface area contributed by atoms with Crippen LogP contribution < -0.4 is 5.32 Å². The number of rotatable bonds is 3. The van der Waals surface area contributed by atoms with E-state index in [2.05, 4.69) is 5.32 Å². The molecule has 1 N–H and O–H groups in total. The van der Waals surface area contributed by atoms with Crippen molar-refractivity contribution in [2.45, 2.75) is 12.8 Å². The quantitative estimate of drug-likeness (QED) is 0.876. The lowest BCUT2D eigenvalue weighted by Gasteiger charge is -2.04. The summed E-state index contributed by atoms with van der Waals surface area (Å²) in [5.74, 6) is -0.309. The van der Waals surface area contributed by atoms with Gasteiger partial charge in [-0.05, 0) is 18.9 Å². The summed E-state index contributed by atoms with van der Waals surface area (Å²) in [5, 5.41) is 4.27. The molecule has 1 aromatic carbocycles. The van der Waals surface area contributed by atoms with Gasteiger partial charge in [0.05, 0.1) is 7.11 Å². The number of fused-ring (bicyclic) bond motifs is 1. The van der Waals surface area contributed by atoms with Gasteiger partial charge in [-0.1, -0.05) is 18.2 Å². The van der Waals surface area contributed by atoms with Crippen molar-refractivity contribution in [3.63, 3.8) is 0 Å². The largest absolute Gasteiger partial charge is 0.465 e. The van der Waals surface area contributed by atoms with Crippen LogP contribution in [0.2, 0.25) is 0 Å². The van der Waals surface area contributed by atoms with E-state index in [9.17, 15) is 9.59 Å². The second-order valence-electron chi connectivity index (χ2n) is 4.56. The first kappa shape index (κ1) is 12.2. The Kier molecular flexibility index (Phi) is 2.98. The first-order chi connectivity index (χ1) is 9.20. The van der Waals surface area contributed by atoms with Gasteiger partial charge in [-0.15, -0.1) is 11.3 Å². The minimum atomic E-state index is -0.413. The van der Waals surface area contributed by atoms with Crippen molar-refractivity contribution in [2.24, 2.45) is 5.92 Å². The maximum Gasteiger partial charge on any atom is 0.341 e. The summed E-state index contributed by atoms with van der Waals surface area (Å²) in [6, 6.07) is 7.57. The minimum Gasteiger partial charge on any atom is -0.465 e. The number of ether oxygens (including phenoxy) is 1. The van der Waals surface area contributed by atoms with Crippen LogP contribution in [0.1, 0.15) is 23.2 Å². The molecular weight excluding hydrogens is 262 g/mol. The predicted molar refractivity (Wildman–Crippen MR) is 74.5 cm³/mol. The van der Waals surface area contributed by atoms with Crippen LogP contribution in [0.15, 0.2) is 24.3 Å². The van der Waals surface area contributed by atoms with E-state index in [1.807, 2.05) is 24.3 Å². The molecule has 1 fully saturated rings. The minimum absolute atomic E-state index is 0.00305. The van der Waals surface area contributed by atoms with Crippen molar-refractivity contribution < 1.29 is 14.3 Å². The number of hydrogen-bond donors (Lipinski definition) is 1. The first-order valence-corrected chi connectivity index (χ1v) is 6.93. The molecule has 1 heterocycles. The molecule has 4 nitrogen and oxygen atoms in total. The average molecular weight is 275 g/mol. The fourth-order valence-electron chi connectivity index (χ4n) is 2.00. The Morgan fingerprint density at radius 1 is 1.32 bits per heavy atom. The van der Waals surface area contributed by atoms with Crippen LogP contribution in [0.4, 0.5) is 5.00 Å². The number of methoxy groups -OCH3 is 1. The van der Waals surface area contributed by atoms with Gasteiger partial charge in [-0.25, -0.2) is 4.79 Å². The lowest BCUT2D eigenvalue weighted by atomic mass is 10.1. The smallest absolute Gasteiger partial charge is 0.341 e. The zero-order valence-corrected chi connectivity index (χ0v) is 11.3. The van der Waals surface area contributed by atoms with Gasteiger partial charge in [-0.2, -0.15) is 0 Å². The fourth-order valence-corrected chi connectivity index (χ4v) is 3.09. The number of amides is 1. The molecule has 1 aliphatic carbocycles. The molecule has 1 aromatic heterocycles. The van der Waals surface area contributed by atoms with E-state index >= 15 is 0 Å². The van der Waals surface area contributed by atoms with Gasteiger partial charge in [0, 0.05) is 16.0 Å². The highest BCUT2D eigenvalue weighted by Gasteiger charge is 2.31. The monoisotopic (exact) mass is 275 g/mol. The molecule has 0 spiro atoms. The molecule has 0 bridgehead atoms. The summed E-state index contributed by atoms with van der Waals surface area (Å²) in [7, 11) is 1.35. The Morgan fingerprint density at radius 2 is 2.05 bits per heavy atom. The summed E-state index contributed by atoms with van der Waals surface area (Å²) in [5.41, 5.74) is 0.456. The third-order valence-electron chi connectivity index (χ3n) is 3.17. The maximum absolute atomic E-state index is 11.9. The molecule has 1 amide bonds. The van der Waals surface area contributed by atoms with E-state index in [0.717, 1.165) is 22.9 Å². The molecule has 1 saturated carbocycles. The van der Waals surface area contributed by atoms with Crippen molar-refractivity contribution in [1.29, 1.82) is 0 Å². The lowest BCUT2D eigenvalue weighted by Crippen LogP contribution is -2.15. The van der Waals surface area contributed by atoms with Crippen molar-refractivity contribution in [3.05, 3.63) is 29.8 Å². The van der Waals surface area contributed by atoms with Crippen molar-refractivity contribution in [1.82, 2.24) is 0 Å². The Morgan fingerprint density at radius 3 is 2.74 bits per heavy atom. The van der Waals surface area contributed by atoms with Gasteiger partial charge < -0.3 is 10.1 Å².